The maximum Gasteiger partial charge on any atom is 0.244 e. The largest absolute Gasteiger partial charge is 0.350 e. The van der Waals surface area contributed by atoms with Gasteiger partial charge in [-0.2, -0.15) is 0 Å². The van der Waals surface area contributed by atoms with E-state index in [1.54, 1.807) is 6.92 Å². The molecule has 1 heterocycles. The molecule has 0 spiro atoms. The number of imide groups is 1. The molecule has 96 valence electrons. The molecule has 2 atom stereocenters. The fourth-order valence-electron chi connectivity index (χ4n) is 1.54. The first-order valence-electron chi connectivity index (χ1n) is 5.61. The lowest BCUT2D eigenvalue weighted by atomic mass is 10.1. The summed E-state index contributed by atoms with van der Waals surface area (Å²) < 4.78 is 0. The van der Waals surface area contributed by atoms with Gasteiger partial charge >= 0.3 is 0 Å². The molecule has 0 aromatic rings. The number of carbonyl (C=O) groups is 3. The number of hydrogen-bond acceptors (Lipinski definition) is 4. The molecule has 0 aromatic heterocycles. The lowest BCUT2D eigenvalue weighted by Gasteiger charge is -2.24. The van der Waals surface area contributed by atoms with Crippen molar-refractivity contribution in [2.24, 2.45) is 0 Å². The number of nitrogens with one attached hydrogen (secondary N) is 3. The van der Waals surface area contributed by atoms with Crippen LogP contribution in [0.4, 0.5) is 0 Å². The van der Waals surface area contributed by atoms with Gasteiger partial charge in [0.1, 0.15) is 0 Å². The molecule has 6 heteroatoms. The Labute approximate surface area is 101 Å². The second-order valence-corrected chi connectivity index (χ2v) is 5.30. The Morgan fingerprint density at radius 1 is 1.41 bits per heavy atom. The van der Waals surface area contributed by atoms with Gasteiger partial charge in [-0.15, -0.1) is 0 Å². The summed E-state index contributed by atoms with van der Waals surface area (Å²) in [5.74, 6) is -0.869. The average Bonchev–Trinajstić information content (AvgIpc) is 2.42. The summed E-state index contributed by atoms with van der Waals surface area (Å²) in [6, 6.07) is -1.13. The molecule has 6 nitrogen and oxygen atoms in total. The van der Waals surface area contributed by atoms with Crippen molar-refractivity contribution in [1.82, 2.24) is 16.0 Å². The highest BCUT2D eigenvalue weighted by molar-refractivity contribution is 6.05. The highest BCUT2D eigenvalue weighted by atomic mass is 16.2. The van der Waals surface area contributed by atoms with Crippen LogP contribution in [0.5, 0.6) is 0 Å². The zero-order chi connectivity index (χ0) is 13.2. The zero-order valence-electron chi connectivity index (χ0n) is 10.6. The molecule has 1 aliphatic heterocycles. The standard InChI is InChI=1S/C11H19N3O3/c1-6(9(16)14-11(2,3)4)12-7-5-8(15)13-10(7)17/h6-7,12H,5H2,1-4H3,(H,14,16)(H,13,15,17). The van der Waals surface area contributed by atoms with Gasteiger partial charge in [0.05, 0.1) is 18.5 Å². The third-order valence-electron chi connectivity index (χ3n) is 2.31. The lowest BCUT2D eigenvalue weighted by Crippen LogP contribution is -2.53. The second kappa shape index (κ2) is 4.83. The van der Waals surface area contributed by atoms with Crippen LogP contribution < -0.4 is 16.0 Å². The molecule has 3 N–H and O–H groups in total. The highest BCUT2D eigenvalue weighted by Gasteiger charge is 2.32. The third-order valence-corrected chi connectivity index (χ3v) is 2.31. The Balaban J connectivity index is 2.49. The van der Waals surface area contributed by atoms with Gasteiger partial charge in [-0.25, -0.2) is 0 Å². The van der Waals surface area contributed by atoms with Gasteiger partial charge in [0.15, 0.2) is 0 Å². The quantitative estimate of drug-likeness (QED) is 0.570. The monoisotopic (exact) mass is 241 g/mol. The molecule has 1 fully saturated rings. The van der Waals surface area contributed by atoms with E-state index in [0.717, 1.165) is 0 Å². The molecule has 0 aromatic carbocycles. The summed E-state index contributed by atoms with van der Waals surface area (Å²) in [4.78, 5) is 34.0. The lowest BCUT2D eigenvalue weighted by molar-refractivity contribution is -0.125. The van der Waals surface area contributed by atoms with Crippen molar-refractivity contribution in [3.05, 3.63) is 0 Å². The topological polar surface area (TPSA) is 87.3 Å². The molecular formula is C11H19N3O3. The number of rotatable bonds is 3. The van der Waals surface area contributed by atoms with Gasteiger partial charge in [0.25, 0.3) is 0 Å². The third kappa shape index (κ3) is 4.14. The summed E-state index contributed by atoms with van der Waals surface area (Å²) in [6.07, 6.45) is 0.0893. The van der Waals surface area contributed by atoms with E-state index in [9.17, 15) is 14.4 Å². The molecule has 1 rings (SSSR count). The van der Waals surface area contributed by atoms with E-state index < -0.39 is 12.1 Å². The number of carbonyl (C=O) groups excluding carboxylic acids is 3. The minimum atomic E-state index is -0.608. The minimum Gasteiger partial charge on any atom is -0.350 e. The van der Waals surface area contributed by atoms with E-state index in [1.165, 1.54) is 0 Å². The van der Waals surface area contributed by atoms with Crippen LogP contribution in [0.1, 0.15) is 34.1 Å². The van der Waals surface area contributed by atoms with E-state index >= 15 is 0 Å². The van der Waals surface area contributed by atoms with E-state index in [0.29, 0.717) is 0 Å². The highest BCUT2D eigenvalue weighted by Crippen LogP contribution is 2.04. The maximum atomic E-state index is 11.7. The first kappa shape index (κ1) is 13.6. The SMILES string of the molecule is CC(NC1CC(=O)NC1=O)C(=O)NC(C)(C)C. The fourth-order valence-corrected chi connectivity index (χ4v) is 1.54. The molecule has 3 amide bonds. The molecule has 1 saturated heterocycles. The molecular weight excluding hydrogens is 222 g/mol. The van der Waals surface area contributed by atoms with Crippen molar-refractivity contribution in [2.75, 3.05) is 0 Å². The Kier molecular flexibility index (Phi) is 3.87. The fraction of sp³-hybridized carbons (Fsp3) is 0.727. The summed E-state index contributed by atoms with van der Waals surface area (Å²) in [6.45, 7) is 7.30. The average molecular weight is 241 g/mol. The van der Waals surface area contributed by atoms with Crippen LogP contribution in [0, 0.1) is 0 Å². The molecule has 0 aliphatic carbocycles. The zero-order valence-corrected chi connectivity index (χ0v) is 10.6. The summed E-state index contributed by atoms with van der Waals surface area (Å²) in [7, 11) is 0. The van der Waals surface area contributed by atoms with Crippen LogP contribution in [-0.2, 0) is 14.4 Å². The van der Waals surface area contributed by atoms with Crippen LogP contribution in [0.2, 0.25) is 0 Å². The summed E-state index contributed by atoms with van der Waals surface area (Å²) >= 11 is 0. The molecule has 0 saturated carbocycles. The van der Waals surface area contributed by atoms with Crippen molar-refractivity contribution in [1.29, 1.82) is 0 Å². The predicted octanol–water partition coefficient (Wildman–Crippen LogP) is -0.706. The first-order valence-corrected chi connectivity index (χ1v) is 5.61. The molecule has 0 bridgehead atoms. The van der Waals surface area contributed by atoms with Gasteiger partial charge in [0, 0.05) is 5.54 Å². The van der Waals surface area contributed by atoms with E-state index in [4.69, 9.17) is 0 Å². The summed E-state index contributed by atoms with van der Waals surface area (Å²) in [5, 5.41) is 7.82. The Morgan fingerprint density at radius 3 is 2.41 bits per heavy atom. The van der Waals surface area contributed by atoms with E-state index in [-0.39, 0.29) is 29.7 Å². The maximum absolute atomic E-state index is 11.7. The van der Waals surface area contributed by atoms with Crippen LogP contribution in [0.3, 0.4) is 0 Å². The van der Waals surface area contributed by atoms with Gasteiger partial charge < -0.3 is 5.32 Å². The minimum absolute atomic E-state index is 0.0893. The van der Waals surface area contributed by atoms with Gasteiger partial charge in [-0.3, -0.25) is 25.0 Å². The van der Waals surface area contributed by atoms with E-state index in [2.05, 4.69) is 16.0 Å². The van der Waals surface area contributed by atoms with Crippen LogP contribution in [0.15, 0.2) is 0 Å². The second-order valence-electron chi connectivity index (χ2n) is 5.30. The van der Waals surface area contributed by atoms with Crippen molar-refractivity contribution >= 4 is 17.7 Å². The smallest absolute Gasteiger partial charge is 0.244 e. The number of amides is 3. The van der Waals surface area contributed by atoms with Crippen molar-refractivity contribution in [2.45, 2.75) is 51.7 Å². The van der Waals surface area contributed by atoms with Crippen molar-refractivity contribution in [3.8, 4) is 0 Å². The van der Waals surface area contributed by atoms with Crippen LogP contribution in [-0.4, -0.2) is 35.3 Å². The van der Waals surface area contributed by atoms with Gasteiger partial charge in [-0.1, -0.05) is 0 Å². The van der Waals surface area contributed by atoms with Gasteiger partial charge in [0.2, 0.25) is 17.7 Å². The Morgan fingerprint density at radius 2 is 2.00 bits per heavy atom. The Hall–Kier alpha value is -1.43. The predicted molar refractivity (Wildman–Crippen MR) is 62.0 cm³/mol. The normalized spacial score (nSPS) is 22.2. The first-order chi connectivity index (χ1) is 7.69. The summed E-state index contributed by atoms with van der Waals surface area (Å²) in [5.41, 5.74) is -0.319. The molecule has 2 unspecified atom stereocenters. The Bertz CT molecular complexity index is 346. The number of hydrogen-bond donors (Lipinski definition) is 3. The van der Waals surface area contributed by atoms with E-state index in [1.807, 2.05) is 20.8 Å². The van der Waals surface area contributed by atoms with Gasteiger partial charge in [-0.05, 0) is 27.7 Å². The van der Waals surface area contributed by atoms with Crippen molar-refractivity contribution in [3.63, 3.8) is 0 Å². The molecule has 0 radical (unpaired) electrons. The molecule has 17 heavy (non-hydrogen) atoms. The van der Waals surface area contributed by atoms with Crippen LogP contribution in [0.25, 0.3) is 0 Å². The van der Waals surface area contributed by atoms with Crippen molar-refractivity contribution < 1.29 is 14.4 Å². The molecule has 1 aliphatic rings. The van der Waals surface area contributed by atoms with Crippen LogP contribution >= 0.6 is 0 Å².